The molecule has 0 bridgehead atoms. The monoisotopic (exact) mass is 394 g/mol. The van der Waals surface area contributed by atoms with Crippen LogP contribution in [0.15, 0.2) is 36.4 Å². The first-order chi connectivity index (χ1) is 13.9. The van der Waals surface area contributed by atoms with Gasteiger partial charge in [0.1, 0.15) is 0 Å². The quantitative estimate of drug-likeness (QED) is 0.662. The fraction of sp³-hybridized carbons (Fsp3) is 0.704. The Morgan fingerprint density at radius 3 is 2.45 bits per heavy atom. The van der Waals surface area contributed by atoms with Crippen molar-refractivity contribution in [2.75, 3.05) is 0 Å². The molecule has 158 valence electrons. The van der Waals surface area contributed by atoms with Crippen LogP contribution in [0.25, 0.3) is 6.08 Å². The van der Waals surface area contributed by atoms with Crippen molar-refractivity contribution in [1.29, 1.82) is 0 Å². The molecule has 0 aromatic heterocycles. The van der Waals surface area contributed by atoms with Crippen LogP contribution < -0.4 is 0 Å². The van der Waals surface area contributed by atoms with E-state index in [4.69, 9.17) is 0 Å². The Morgan fingerprint density at radius 2 is 1.66 bits per heavy atom. The van der Waals surface area contributed by atoms with Crippen LogP contribution in [-0.4, -0.2) is 21.9 Å². The Morgan fingerprint density at radius 1 is 0.897 bits per heavy atom. The molecular weight excluding hydrogens is 356 g/mol. The summed E-state index contributed by atoms with van der Waals surface area (Å²) >= 11 is 0. The van der Waals surface area contributed by atoms with E-state index in [0.29, 0.717) is 17.3 Å². The molecule has 0 amide bonds. The summed E-state index contributed by atoms with van der Waals surface area (Å²) in [6.45, 7) is 4.93. The summed E-state index contributed by atoms with van der Waals surface area (Å²) in [5, 5.41) is 22.0. The van der Waals surface area contributed by atoms with E-state index in [0.717, 1.165) is 43.9 Å². The van der Waals surface area contributed by atoms with E-state index in [1.807, 2.05) is 6.07 Å². The number of aliphatic hydroxyl groups is 2. The molecule has 4 aliphatic carbocycles. The molecule has 0 aliphatic heterocycles. The van der Waals surface area contributed by atoms with Crippen LogP contribution in [0, 0.1) is 34.5 Å². The summed E-state index contributed by atoms with van der Waals surface area (Å²) in [5.41, 5.74) is 0.898. The molecule has 2 nitrogen and oxygen atoms in total. The lowest BCUT2D eigenvalue weighted by Crippen LogP contribution is -2.56. The largest absolute Gasteiger partial charge is 0.393 e. The molecule has 2 N–H and O–H groups in total. The molecule has 5 rings (SSSR count). The minimum Gasteiger partial charge on any atom is -0.393 e. The number of hydrogen-bond donors (Lipinski definition) is 2. The van der Waals surface area contributed by atoms with Gasteiger partial charge in [-0.25, -0.2) is 0 Å². The Labute approximate surface area is 176 Å². The molecule has 0 radical (unpaired) electrons. The highest BCUT2D eigenvalue weighted by molar-refractivity contribution is 5.51. The fourth-order valence-corrected chi connectivity index (χ4v) is 8.36. The molecule has 4 fully saturated rings. The summed E-state index contributed by atoms with van der Waals surface area (Å²) in [4.78, 5) is 0. The van der Waals surface area contributed by atoms with Crippen LogP contribution >= 0.6 is 0 Å². The average molecular weight is 395 g/mol. The van der Waals surface area contributed by atoms with Crippen LogP contribution in [0.4, 0.5) is 0 Å². The predicted octanol–water partition coefficient (Wildman–Crippen LogP) is 5.83. The zero-order valence-corrected chi connectivity index (χ0v) is 18.2. The van der Waals surface area contributed by atoms with Gasteiger partial charge in [-0.3, -0.25) is 0 Å². The highest BCUT2D eigenvalue weighted by atomic mass is 16.3. The first kappa shape index (κ1) is 19.8. The second kappa shape index (κ2) is 6.95. The topological polar surface area (TPSA) is 40.5 Å². The maximum atomic E-state index is 11.8. The highest BCUT2D eigenvalue weighted by Gasteiger charge is 2.63. The van der Waals surface area contributed by atoms with Crippen molar-refractivity contribution in [1.82, 2.24) is 0 Å². The lowest BCUT2D eigenvalue weighted by Gasteiger charge is -2.61. The standard InChI is InChI=1S/C27H38O2/c1-25-14-11-21(28)18-20(25)8-9-22-23(25)12-15-26(2)24(22)13-17-27(26,29)16-10-19-6-4-3-5-7-19/h3-7,10,16,20-24,28-29H,8-9,11-15,17-18H2,1-2H3/b16-10+/t20-,21+,22+,23-,24+,25-,26+,27-/m0/s1. The van der Waals surface area contributed by atoms with Crippen molar-refractivity contribution in [3.63, 3.8) is 0 Å². The maximum absolute atomic E-state index is 11.8. The Kier molecular flexibility index (Phi) is 4.75. The lowest BCUT2D eigenvalue weighted by atomic mass is 9.44. The van der Waals surface area contributed by atoms with Gasteiger partial charge in [-0.15, -0.1) is 0 Å². The van der Waals surface area contributed by atoms with Crippen molar-refractivity contribution in [3.05, 3.63) is 42.0 Å². The lowest BCUT2D eigenvalue weighted by molar-refractivity contribution is -0.146. The van der Waals surface area contributed by atoms with Crippen LogP contribution in [-0.2, 0) is 0 Å². The van der Waals surface area contributed by atoms with Gasteiger partial charge < -0.3 is 10.2 Å². The molecule has 1 aromatic rings. The van der Waals surface area contributed by atoms with E-state index in [1.165, 1.54) is 31.2 Å². The van der Waals surface area contributed by atoms with Crippen LogP contribution in [0.1, 0.15) is 77.2 Å². The van der Waals surface area contributed by atoms with Crippen LogP contribution in [0.5, 0.6) is 0 Å². The van der Waals surface area contributed by atoms with Gasteiger partial charge in [0.15, 0.2) is 0 Å². The molecule has 4 saturated carbocycles. The summed E-state index contributed by atoms with van der Waals surface area (Å²) < 4.78 is 0. The van der Waals surface area contributed by atoms with Gasteiger partial charge in [0.25, 0.3) is 0 Å². The number of benzene rings is 1. The summed E-state index contributed by atoms with van der Waals surface area (Å²) in [7, 11) is 0. The molecular formula is C27H38O2. The second-order valence-electron chi connectivity index (χ2n) is 11.2. The Balaban J connectivity index is 1.40. The first-order valence-corrected chi connectivity index (χ1v) is 12.0. The van der Waals surface area contributed by atoms with Crippen molar-refractivity contribution in [2.45, 2.75) is 83.3 Å². The molecule has 1 aromatic carbocycles. The number of fused-ring (bicyclic) bond motifs is 5. The zero-order valence-electron chi connectivity index (χ0n) is 18.2. The van der Waals surface area contributed by atoms with Gasteiger partial charge in [0.05, 0.1) is 11.7 Å². The molecule has 4 aliphatic rings. The second-order valence-corrected chi connectivity index (χ2v) is 11.2. The smallest absolute Gasteiger partial charge is 0.0887 e. The third-order valence-corrected chi connectivity index (χ3v) is 10.2. The Bertz CT molecular complexity index is 772. The van der Waals surface area contributed by atoms with E-state index >= 15 is 0 Å². The normalized spacial score (nSPS) is 49.4. The molecule has 2 heteroatoms. The Hall–Kier alpha value is -1.12. The van der Waals surface area contributed by atoms with Crippen molar-refractivity contribution in [3.8, 4) is 0 Å². The molecule has 29 heavy (non-hydrogen) atoms. The van der Waals surface area contributed by atoms with Crippen molar-refractivity contribution >= 4 is 6.08 Å². The summed E-state index contributed by atoms with van der Waals surface area (Å²) in [6, 6.07) is 10.4. The van der Waals surface area contributed by atoms with Crippen LogP contribution in [0.2, 0.25) is 0 Å². The van der Waals surface area contributed by atoms with Crippen LogP contribution in [0.3, 0.4) is 0 Å². The van der Waals surface area contributed by atoms with Gasteiger partial charge in [-0.05, 0) is 92.4 Å². The van der Waals surface area contributed by atoms with Gasteiger partial charge in [0.2, 0.25) is 0 Å². The van der Waals surface area contributed by atoms with E-state index in [-0.39, 0.29) is 11.5 Å². The average Bonchev–Trinajstić information content (AvgIpc) is 2.99. The molecule has 0 spiro atoms. The van der Waals surface area contributed by atoms with Crippen molar-refractivity contribution in [2.24, 2.45) is 34.5 Å². The third-order valence-electron chi connectivity index (χ3n) is 10.2. The molecule has 0 saturated heterocycles. The first-order valence-electron chi connectivity index (χ1n) is 12.0. The zero-order chi connectivity index (χ0) is 20.3. The highest BCUT2D eigenvalue weighted by Crippen LogP contribution is 2.68. The predicted molar refractivity (Wildman–Crippen MR) is 118 cm³/mol. The summed E-state index contributed by atoms with van der Waals surface area (Å²) in [6.07, 6.45) is 14.4. The molecule has 0 heterocycles. The van der Waals surface area contributed by atoms with E-state index < -0.39 is 5.60 Å². The maximum Gasteiger partial charge on any atom is 0.0887 e. The molecule has 8 atom stereocenters. The van der Waals surface area contributed by atoms with Gasteiger partial charge in [-0.2, -0.15) is 0 Å². The van der Waals surface area contributed by atoms with E-state index in [1.54, 1.807) is 0 Å². The van der Waals surface area contributed by atoms with Gasteiger partial charge >= 0.3 is 0 Å². The fourth-order valence-electron chi connectivity index (χ4n) is 8.36. The molecule has 0 unspecified atom stereocenters. The van der Waals surface area contributed by atoms with E-state index in [9.17, 15) is 10.2 Å². The van der Waals surface area contributed by atoms with Gasteiger partial charge in [0, 0.05) is 5.41 Å². The number of aliphatic hydroxyl groups excluding tert-OH is 1. The summed E-state index contributed by atoms with van der Waals surface area (Å²) in [5.74, 6) is 2.88. The van der Waals surface area contributed by atoms with E-state index in [2.05, 4.69) is 50.3 Å². The minimum absolute atomic E-state index is 0.00315. The number of rotatable bonds is 2. The number of hydrogen-bond acceptors (Lipinski definition) is 2. The minimum atomic E-state index is -0.682. The SMILES string of the molecule is C[C@]12CC[C@@H](O)C[C@@H]1CC[C@H]1[C@H]3CC[C@@](O)(/C=C/c4ccccc4)[C@]3(C)CC[C@@H]12. The van der Waals surface area contributed by atoms with Crippen molar-refractivity contribution < 1.29 is 10.2 Å². The third kappa shape index (κ3) is 2.97. The van der Waals surface area contributed by atoms with Gasteiger partial charge in [-0.1, -0.05) is 56.3 Å².